The Balaban J connectivity index is 2.43. The maximum Gasteiger partial charge on any atom is 0.262 e. The van der Waals surface area contributed by atoms with Gasteiger partial charge in [-0.15, -0.1) is 0 Å². The number of pyridine rings is 1. The standard InChI is InChI=1S/C13H14BrN3O2S/c1-8-5-11(15)9(2)12(6-8)20(18,19)17-10-3-4-13(14)16-7-10/h3-7,17H,15H2,1-2H3. The molecule has 1 aromatic carbocycles. The molecule has 0 radical (unpaired) electrons. The average molecular weight is 356 g/mol. The van der Waals surface area contributed by atoms with Gasteiger partial charge in [0.15, 0.2) is 0 Å². The number of benzene rings is 1. The lowest BCUT2D eigenvalue weighted by Gasteiger charge is -2.12. The lowest BCUT2D eigenvalue weighted by atomic mass is 10.1. The first-order valence-corrected chi connectivity index (χ1v) is 8.08. The minimum absolute atomic E-state index is 0.179. The van der Waals surface area contributed by atoms with E-state index >= 15 is 0 Å². The topological polar surface area (TPSA) is 85.1 Å². The number of anilines is 2. The van der Waals surface area contributed by atoms with Gasteiger partial charge >= 0.3 is 0 Å². The van der Waals surface area contributed by atoms with Gasteiger partial charge in [0.25, 0.3) is 10.0 Å². The van der Waals surface area contributed by atoms with E-state index in [2.05, 4.69) is 25.6 Å². The SMILES string of the molecule is Cc1cc(N)c(C)c(S(=O)(=O)Nc2ccc(Br)nc2)c1. The molecule has 0 aliphatic rings. The number of nitrogens with one attached hydrogen (secondary N) is 1. The van der Waals surface area contributed by atoms with Crippen molar-refractivity contribution in [3.8, 4) is 0 Å². The van der Waals surface area contributed by atoms with Crippen LogP contribution >= 0.6 is 15.9 Å². The lowest BCUT2D eigenvalue weighted by molar-refractivity contribution is 0.600. The smallest absolute Gasteiger partial charge is 0.262 e. The molecule has 0 saturated carbocycles. The first-order chi connectivity index (χ1) is 9.29. The number of rotatable bonds is 3. The van der Waals surface area contributed by atoms with Crippen LogP contribution in [0, 0.1) is 13.8 Å². The number of halogens is 1. The van der Waals surface area contributed by atoms with E-state index in [4.69, 9.17) is 5.73 Å². The second-order valence-electron chi connectivity index (χ2n) is 4.45. The van der Waals surface area contributed by atoms with Crippen molar-refractivity contribution in [2.45, 2.75) is 18.7 Å². The fourth-order valence-electron chi connectivity index (χ4n) is 1.78. The monoisotopic (exact) mass is 355 g/mol. The minimum atomic E-state index is -3.69. The molecule has 0 aliphatic carbocycles. The highest BCUT2D eigenvalue weighted by Crippen LogP contribution is 2.25. The predicted octanol–water partition coefficient (Wildman–Crippen LogP) is 2.84. The van der Waals surface area contributed by atoms with Crippen molar-refractivity contribution in [1.29, 1.82) is 0 Å². The molecule has 5 nitrogen and oxygen atoms in total. The summed E-state index contributed by atoms with van der Waals surface area (Å²) in [7, 11) is -3.69. The molecule has 1 heterocycles. The second kappa shape index (κ2) is 5.41. The van der Waals surface area contributed by atoms with Crippen LogP contribution < -0.4 is 10.5 Å². The van der Waals surface area contributed by atoms with Gasteiger partial charge in [-0.05, 0) is 65.2 Å². The fraction of sp³-hybridized carbons (Fsp3) is 0.154. The van der Waals surface area contributed by atoms with E-state index in [9.17, 15) is 8.42 Å². The maximum atomic E-state index is 12.4. The van der Waals surface area contributed by atoms with Gasteiger partial charge < -0.3 is 5.73 Å². The van der Waals surface area contributed by atoms with Crippen LogP contribution in [0.1, 0.15) is 11.1 Å². The number of hydrogen-bond acceptors (Lipinski definition) is 4. The zero-order valence-electron chi connectivity index (χ0n) is 11.0. The number of nitrogens with zero attached hydrogens (tertiary/aromatic N) is 1. The Morgan fingerprint density at radius 1 is 1.25 bits per heavy atom. The molecule has 0 atom stereocenters. The molecule has 1 aromatic heterocycles. The number of nitrogens with two attached hydrogens (primary N) is 1. The summed E-state index contributed by atoms with van der Waals surface area (Å²) in [5.41, 5.74) is 8.00. The summed E-state index contributed by atoms with van der Waals surface area (Å²) in [6.07, 6.45) is 1.44. The molecule has 2 rings (SSSR count). The highest BCUT2D eigenvalue weighted by atomic mass is 79.9. The number of hydrogen-bond donors (Lipinski definition) is 2. The highest BCUT2D eigenvalue weighted by Gasteiger charge is 2.19. The quantitative estimate of drug-likeness (QED) is 0.654. The molecule has 20 heavy (non-hydrogen) atoms. The van der Waals surface area contributed by atoms with Crippen molar-refractivity contribution in [3.63, 3.8) is 0 Å². The Labute approximate surface area is 126 Å². The van der Waals surface area contributed by atoms with Crippen LogP contribution in [0.2, 0.25) is 0 Å². The van der Waals surface area contributed by atoms with Crippen LogP contribution in [0.4, 0.5) is 11.4 Å². The molecule has 3 N–H and O–H groups in total. The third-order valence-electron chi connectivity index (χ3n) is 2.81. The van der Waals surface area contributed by atoms with Gasteiger partial charge in [-0.2, -0.15) is 0 Å². The number of aromatic nitrogens is 1. The fourth-order valence-corrected chi connectivity index (χ4v) is 3.42. The summed E-state index contributed by atoms with van der Waals surface area (Å²) in [6, 6.07) is 6.63. The summed E-state index contributed by atoms with van der Waals surface area (Å²) in [5, 5.41) is 0. The first-order valence-electron chi connectivity index (χ1n) is 5.81. The van der Waals surface area contributed by atoms with Crippen LogP contribution in [0.25, 0.3) is 0 Å². The molecule has 0 aliphatic heterocycles. The number of sulfonamides is 1. The highest BCUT2D eigenvalue weighted by molar-refractivity contribution is 9.10. The van der Waals surface area contributed by atoms with Crippen LogP contribution in [0.3, 0.4) is 0 Å². The lowest BCUT2D eigenvalue weighted by Crippen LogP contribution is -2.15. The number of nitrogen functional groups attached to an aromatic ring is 1. The van der Waals surface area contributed by atoms with Crippen molar-refractivity contribution < 1.29 is 8.42 Å². The van der Waals surface area contributed by atoms with Gasteiger partial charge in [0.1, 0.15) is 4.60 Å². The predicted molar refractivity (Wildman–Crippen MR) is 83.1 cm³/mol. The van der Waals surface area contributed by atoms with Gasteiger partial charge in [0, 0.05) is 5.69 Å². The molecule has 0 fully saturated rings. The molecule has 2 aromatic rings. The second-order valence-corrected chi connectivity index (χ2v) is 6.92. The van der Waals surface area contributed by atoms with Crippen LogP contribution in [-0.2, 0) is 10.0 Å². The van der Waals surface area contributed by atoms with Crippen LogP contribution in [0.15, 0.2) is 40.0 Å². The van der Waals surface area contributed by atoms with Crippen molar-refractivity contribution >= 4 is 37.3 Å². The van der Waals surface area contributed by atoms with E-state index in [-0.39, 0.29) is 4.90 Å². The molecular formula is C13H14BrN3O2S. The van der Waals surface area contributed by atoms with E-state index < -0.39 is 10.0 Å². The third kappa shape index (κ3) is 3.10. The number of aryl methyl sites for hydroxylation is 1. The van der Waals surface area contributed by atoms with E-state index in [1.54, 1.807) is 38.1 Å². The Morgan fingerprint density at radius 2 is 1.95 bits per heavy atom. The van der Waals surface area contributed by atoms with Crippen LogP contribution in [-0.4, -0.2) is 13.4 Å². The van der Waals surface area contributed by atoms with Crippen molar-refractivity contribution in [2.24, 2.45) is 0 Å². The average Bonchev–Trinajstić information content (AvgIpc) is 2.36. The molecule has 0 saturated heterocycles. The molecule has 0 amide bonds. The van der Waals surface area contributed by atoms with Crippen molar-refractivity contribution in [3.05, 3.63) is 46.2 Å². The summed E-state index contributed by atoms with van der Waals surface area (Å²) in [4.78, 5) is 4.16. The summed E-state index contributed by atoms with van der Waals surface area (Å²) in [5.74, 6) is 0. The van der Waals surface area contributed by atoms with E-state index in [1.165, 1.54) is 6.20 Å². The van der Waals surface area contributed by atoms with E-state index in [0.29, 0.717) is 21.5 Å². The normalized spacial score (nSPS) is 11.3. The summed E-state index contributed by atoms with van der Waals surface area (Å²) >= 11 is 3.20. The molecular weight excluding hydrogens is 342 g/mol. The summed E-state index contributed by atoms with van der Waals surface area (Å²) < 4.78 is 27.9. The van der Waals surface area contributed by atoms with Gasteiger partial charge in [-0.25, -0.2) is 13.4 Å². The van der Waals surface area contributed by atoms with Gasteiger partial charge in [0.2, 0.25) is 0 Å². The van der Waals surface area contributed by atoms with E-state index in [1.807, 2.05) is 0 Å². The molecule has 0 spiro atoms. The molecule has 106 valence electrons. The third-order valence-corrected chi connectivity index (χ3v) is 4.79. The Kier molecular flexibility index (Phi) is 4.01. The molecule has 0 bridgehead atoms. The van der Waals surface area contributed by atoms with Gasteiger partial charge in [-0.3, -0.25) is 4.72 Å². The van der Waals surface area contributed by atoms with E-state index in [0.717, 1.165) is 5.56 Å². The summed E-state index contributed by atoms with van der Waals surface area (Å²) in [6.45, 7) is 3.49. The zero-order valence-corrected chi connectivity index (χ0v) is 13.4. The van der Waals surface area contributed by atoms with Crippen molar-refractivity contribution in [2.75, 3.05) is 10.5 Å². The van der Waals surface area contributed by atoms with Crippen LogP contribution in [0.5, 0.6) is 0 Å². The van der Waals surface area contributed by atoms with Crippen molar-refractivity contribution in [1.82, 2.24) is 4.98 Å². The zero-order chi connectivity index (χ0) is 14.9. The maximum absolute atomic E-state index is 12.4. The van der Waals surface area contributed by atoms with Gasteiger partial charge in [0.05, 0.1) is 16.8 Å². The van der Waals surface area contributed by atoms with Gasteiger partial charge in [-0.1, -0.05) is 0 Å². The Hall–Kier alpha value is -1.60. The minimum Gasteiger partial charge on any atom is -0.398 e. The molecule has 7 heteroatoms. The first kappa shape index (κ1) is 14.8. The Morgan fingerprint density at radius 3 is 2.55 bits per heavy atom. The largest absolute Gasteiger partial charge is 0.398 e. The Bertz CT molecular complexity index is 743. The molecule has 0 unspecified atom stereocenters.